The Hall–Kier alpha value is -0.980. The molecule has 0 atom stereocenters. The third-order valence-electron chi connectivity index (χ3n) is 4.08. The molecule has 0 radical (unpaired) electrons. The van der Waals surface area contributed by atoms with Crippen molar-refractivity contribution in [3.63, 3.8) is 0 Å². The van der Waals surface area contributed by atoms with Gasteiger partial charge in [0.25, 0.3) is 0 Å². The molecule has 2 rings (SSSR count). The van der Waals surface area contributed by atoms with E-state index >= 15 is 0 Å². The van der Waals surface area contributed by atoms with Gasteiger partial charge >= 0.3 is 0 Å². The molecule has 0 aromatic heterocycles. The molecule has 0 spiro atoms. The van der Waals surface area contributed by atoms with Crippen LogP contribution >= 0.6 is 12.2 Å². The minimum Gasteiger partial charge on any atom is -0.393 e. The third kappa shape index (κ3) is 2.87. The van der Waals surface area contributed by atoms with E-state index in [1.54, 1.807) is 12.1 Å². The second kappa shape index (κ2) is 5.42. The van der Waals surface area contributed by atoms with Crippen LogP contribution in [0.2, 0.25) is 0 Å². The zero-order valence-electron chi connectivity index (χ0n) is 11.8. The van der Waals surface area contributed by atoms with Gasteiger partial charge < -0.3 is 5.73 Å². The Morgan fingerprint density at radius 3 is 2.20 bits per heavy atom. The lowest BCUT2D eigenvalue weighted by Gasteiger charge is -2.37. The lowest BCUT2D eigenvalue weighted by molar-refractivity contribution is 0.244. The summed E-state index contributed by atoms with van der Waals surface area (Å²) in [6.45, 7) is 4.87. The summed E-state index contributed by atoms with van der Waals surface area (Å²) in [5, 5.41) is 0. The number of benzene rings is 1. The first-order valence-corrected chi connectivity index (χ1v) is 8.47. The number of hydrogen-bond acceptors (Lipinski definition) is 3. The molecule has 1 aliphatic heterocycles. The summed E-state index contributed by atoms with van der Waals surface area (Å²) in [5.74, 6) is 0. The van der Waals surface area contributed by atoms with Gasteiger partial charge in [-0.3, -0.25) is 0 Å². The van der Waals surface area contributed by atoms with Gasteiger partial charge in [0.1, 0.15) is 0 Å². The van der Waals surface area contributed by atoms with Crippen LogP contribution in [0.3, 0.4) is 0 Å². The number of hydrogen-bond donors (Lipinski definition) is 1. The van der Waals surface area contributed by atoms with E-state index in [4.69, 9.17) is 18.0 Å². The van der Waals surface area contributed by atoms with Gasteiger partial charge in [0, 0.05) is 18.5 Å². The number of nitrogens with zero attached hydrogens (tertiary/aromatic N) is 1. The molecule has 0 unspecified atom stereocenters. The maximum atomic E-state index is 12.5. The molecule has 0 saturated carbocycles. The summed E-state index contributed by atoms with van der Waals surface area (Å²) >= 11 is 5.08. The predicted octanol–water partition coefficient (Wildman–Crippen LogP) is 2.07. The van der Waals surface area contributed by atoms with E-state index < -0.39 is 10.0 Å². The van der Waals surface area contributed by atoms with Crippen LogP contribution in [0.1, 0.15) is 25.3 Å². The molecule has 0 aliphatic carbocycles. The van der Waals surface area contributed by atoms with Crippen LogP contribution in [0.5, 0.6) is 0 Å². The van der Waals surface area contributed by atoms with Crippen molar-refractivity contribution in [1.82, 2.24) is 4.31 Å². The first kappa shape index (κ1) is 15.4. The van der Waals surface area contributed by atoms with Crippen LogP contribution in [0, 0.1) is 12.3 Å². The molecule has 0 bridgehead atoms. The van der Waals surface area contributed by atoms with E-state index in [0.717, 1.165) is 5.56 Å². The Labute approximate surface area is 126 Å². The highest BCUT2D eigenvalue weighted by Crippen LogP contribution is 2.33. The van der Waals surface area contributed by atoms with E-state index in [1.165, 1.54) is 4.31 Å². The van der Waals surface area contributed by atoms with Crippen molar-refractivity contribution in [1.29, 1.82) is 0 Å². The fourth-order valence-electron chi connectivity index (χ4n) is 2.33. The maximum absolute atomic E-state index is 12.5. The molecule has 1 heterocycles. The van der Waals surface area contributed by atoms with Gasteiger partial charge in [-0.2, -0.15) is 4.31 Å². The van der Waals surface area contributed by atoms with Crippen molar-refractivity contribution in [2.45, 2.75) is 31.6 Å². The van der Waals surface area contributed by atoms with E-state index in [2.05, 4.69) is 0 Å². The van der Waals surface area contributed by atoms with E-state index in [1.807, 2.05) is 26.0 Å². The number of sulfonamides is 1. The zero-order chi connectivity index (χ0) is 15.0. The first-order valence-electron chi connectivity index (χ1n) is 6.62. The van der Waals surface area contributed by atoms with Crippen LogP contribution in [0.15, 0.2) is 29.2 Å². The highest BCUT2D eigenvalue weighted by atomic mass is 32.2. The minimum absolute atomic E-state index is 0.228. The summed E-state index contributed by atoms with van der Waals surface area (Å²) < 4.78 is 26.6. The molecule has 6 heteroatoms. The highest BCUT2D eigenvalue weighted by molar-refractivity contribution is 7.89. The maximum Gasteiger partial charge on any atom is 0.243 e. The highest BCUT2D eigenvalue weighted by Gasteiger charge is 2.37. The largest absolute Gasteiger partial charge is 0.393 e. The van der Waals surface area contributed by atoms with Gasteiger partial charge in [0.05, 0.1) is 9.88 Å². The van der Waals surface area contributed by atoms with Gasteiger partial charge in [-0.1, -0.05) is 36.8 Å². The fourth-order valence-corrected chi connectivity index (χ4v) is 3.97. The Kier molecular flexibility index (Phi) is 4.18. The Balaban J connectivity index is 2.17. The summed E-state index contributed by atoms with van der Waals surface area (Å²) in [7, 11) is -3.41. The molecule has 1 aromatic rings. The quantitative estimate of drug-likeness (QED) is 0.868. The molecule has 0 amide bonds. The second-order valence-corrected chi connectivity index (χ2v) is 8.02. The monoisotopic (exact) mass is 312 g/mol. The van der Waals surface area contributed by atoms with Crippen molar-refractivity contribution < 1.29 is 8.42 Å². The van der Waals surface area contributed by atoms with Crippen LogP contribution < -0.4 is 5.73 Å². The van der Waals surface area contributed by atoms with Gasteiger partial charge in [0.15, 0.2) is 0 Å². The average molecular weight is 312 g/mol. The van der Waals surface area contributed by atoms with Crippen molar-refractivity contribution >= 4 is 27.2 Å². The first-order chi connectivity index (χ1) is 9.25. The summed E-state index contributed by atoms with van der Waals surface area (Å²) in [6.07, 6.45) is 1.35. The SMILES string of the molecule is Cc1ccc(S(=O)(=O)N2CCC(C)(C(N)=S)CC2)cc1. The Morgan fingerprint density at radius 1 is 1.25 bits per heavy atom. The summed E-state index contributed by atoms with van der Waals surface area (Å²) in [6, 6.07) is 6.95. The normalized spacial score (nSPS) is 19.7. The van der Waals surface area contributed by atoms with E-state index in [0.29, 0.717) is 35.8 Å². The minimum atomic E-state index is -3.41. The van der Waals surface area contributed by atoms with E-state index in [9.17, 15) is 8.42 Å². The van der Waals surface area contributed by atoms with Crippen molar-refractivity contribution in [2.75, 3.05) is 13.1 Å². The number of thiocarbonyl (C=S) groups is 1. The standard InChI is InChI=1S/C14H20N2O2S2/c1-11-3-5-12(6-4-11)20(17,18)16-9-7-14(2,8-10-16)13(15)19/h3-6H,7-10H2,1-2H3,(H2,15,19). The number of piperidine rings is 1. The average Bonchev–Trinajstić information content (AvgIpc) is 2.39. The van der Waals surface area contributed by atoms with Crippen molar-refractivity contribution in [3.05, 3.63) is 29.8 Å². The van der Waals surface area contributed by atoms with Crippen molar-refractivity contribution in [2.24, 2.45) is 11.1 Å². The molecule has 1 saturated heterocycles. The predicted molar refractivity (Wildman–Crippen MR) is 84.1 cm³/mol. The zero-order valence-corrected chi connectivity index (χ0v) is 13.4. The lowest BCUT2D eigenvalue weighted by atomic mass is 9.81. The van der Waals surface area contributed by atoms with Crippen molar-refractivity contribution in [3.8, 4) is 0 Å². The molecular weight excluding hydrogens is 292 g/mol. The smallest absolute Gasteiger partial charge is 0.243 e. The van der Waals surface area contributed by atoms with Crippen LogP contribution in [0.25, 0.3) is 0 Å². The summed E-state index contributed by atoms with van der Waals surface area (Å²) in [4.78, 5) is 0.826. The Morgan fingerprint density at radius 2 is 1.75 bits per heavy atom. The molecule has 20 heavy (non-hydrogen) atoms. The van der Waals surface area contributed by atoms with Gasteiger partial charge in [-0.25, -0.2) is 8.42 Å². The van der Waals surface area contributed by atoms with E-state index in [-0.39, 0.29) is 5.41 Å². The molecule has 1 fully saturated rings. The molecule has 110 valence electrons. The van der Waals surface area contributed by atoms with Crippen LogP contribution in [-0.4, -0.2) is 30.8 Å². The lowest BCUT2D eigenvalue weighted by Crippen LogP contribution is -2.46. The molecule has 1 aliphatic rings. The van der Waals surface area contributed by atoms with Gasteiger partial charge in [-0.15, -0.1) is 0 Å². The molecule has 1 aromatic carbocycles. The molecule has 4 nitrogen and oxygen atoms in total. The number of nitrogens with two attached hydrogens (primary N) is 1. The molecular formula is C14H20N2O2S2. The number of rotatable bonds is 3. The van der Waals surface area contributed by atoms with Crippen LogP contribution in [-0.2, 0) is 10.0 Å². The third-order valence-corrected chi connectivity index (χ3v) is 6.49. The second-order valence-electron chi connectivity index (χ2n) is 5.64. The summed E-state index contributed by atoms with van der Waals surface area (Å²) in [5.41, 5.74) is 6.56. The van der Waals surface area contributed by atoms with Gasteiger partial charge in [-0.05, 0) is 31.9 Å². The molecule has 2 N–H and O–H groups in total. The van der Waals surface area contributed by atoms with Crippen LogP contribution in [0.4, 0.5) is 0 Å². The fraction of sp³-hybridized carbons (Fsp3) is 0.500. The number of aryl methyl sites for hydroxylation is 1. The Bertz CT molecular complexity index is 601. The van der Waals surface area contributed by atoms with Gasteiger partial charge in [0.2, 0.25) is 10.0 Å². The topological polar surface area (TPSA) is 63.4 Å².